The Hall–Kier alpha value is -0.850. The minimum Gasteiger partial charge on any atom is -0.444 e. The Morgan fingerprint density at radius 1 is 1.05 bits per heavy atom. The summed E-state index contributed by atoms with van der Waals surface area (Å²) in [6.07, 6.45) is 1.71. The summed E-state index contributed by atoms with van der Waals surface area (Å²) in [6.45, 7) is 12.1. The van der Waals surface area contributed by atoms with Gasteiger partial charge in [0.2, 0.25) is 0 Å². The first-order valence-electron chi connectivity index (χ1n) is 7.41. The van der Waals surface area contributed by atoms with Crippen molar-refractivity contribution in [2.45, 2.75) is 46.1 Å². The zero-order valence-electron chi connectivity index (χ0n) is 13.4. The Morgan fingerprint density at radius 3 is 2.40 bits per heavy atom. The van der Waals surface area contributed by atoms with Crippen LogP contribution in [0, 0.1) is 0 Å². The summed E-state index contributed by atoms with van der Waals surface area (Å²) in [5.74, 6) is 0. The Kier molecular flexibility index (Phi) is 11.4. The lowest BCUT2D eigenvalue weighted by Crippen LogP contribution is -2.34. The number of hydrogen-bond acceptors (Lipinski definition) is 5. The van der Waals surface area contributed by atoms with E-state index in [1.165, 1.54) is 0 Å². The monoisotopic (exact) mass is 289 g/mol. The lowest BCUT2D eigenvalue weighted by atomic mass is 10.2. The van der Waals surface area contributed by atoms with E-state index in [1.807, 2.05) is 20.8 Å². The van der Waals surface area contributed by atoms with E-state index in [-0.39, 0.29) is 0 Å². The molecule has 0 rings (SSSR count). The number of carbonyl (C=O) groups excluding carboxylic acids is 1. The summed E-state index contributed by atoms with van der Waals surface area (Å²) in [6, 6.07) is 0. The summed E-state index contributed by atoms with van der Waals surface area (Å²) in [5.41, 5.74) is -0.456. The predicted octanol–water partition coefficient (Wildman–Crippen LogP) is 1.46. The van der Waals surface area contributed by atoms with Gasteiger partial charge in [0, 0.05) is 19.8 Å². The van der Waals surface area contributed by atoms with Crippen LogP contribution in [0.2, 0.25) is 0 Å². The Labute approximate surface area is 123 Å². The van der Waals surface area contributed by atoms with Crippen LogP contribution in [0.4, 0.5) is 4.79 Å². The molecule has 0 heterocycles. The molecule has 0 bridgehead atoms. The van der Waals surface area contributed by atoms with Gasteiger partial charge in [-0.15, -0.1) is 0 Å². The molecule has 0 aromatic carbocycles. The van der Waals surface area contributed by atoms with Crippen LogP contribution in [0.25, 0.3) is 0 Å². The van der Waals surface area contributed by atoms with Crippen molar-refractivity contribution in [2.75, 3.05) is 39.5 Å². The molecule has 0 aliphatic carbocycles. The number of alkyl carbamates (subject to hydrolysis) is 1. The van der Waals surface area contributed by atoms with Crippen LogP contribution in [0.15, 0.2) is 0 Å². The van der Waals surface area contributed by atoms with Gasteiger partial charge in [0.05, 0.1) is 6.61 Å². The standard InChI is InChI=1S/C14H31N3O3/c1-5-7-15-12-16-8-6-10-19-11-9-17-13(18)20-14(2,3)4/h15-16H,5-12H2,1-4H3,(H,17,18). The van der Waals surface area contributed by atoms with Crippen LogP contribution in [0.3, 0.4) is 0 Å². The van der Waals surface area contributed by atoms with Crippen molar-refractivity contribution in [3.8, 4) is 0 Å². The Bertz CT molecular complexity index is 242. The van der Waals surface area contributed by atoms with E-state index >= 15 is 0 Å². The largest absolute Gasteiger partial charge is 0.444 e. The highest BCUT2D eigenvalue weighted by molar-refractivity contribution is 5.67. The van der Waals surface area contributed by atoms with Crippen molar-refractivity contribution >= 4 is 6.09 Å². The van der Waals surface area contributed by atoms with E-state index in [0.29, 0.717) is 19.8 Å². The van der Waals surface area contributed by atoms with Gasteiger partial charge in [-0.2, -0.15) is 0 Å². The first-order chi connectivity index (χ1) is 9.45. The second-order valence-electron chi connectivity index (χ2n) is 5.57. The third kappa shape index (κ3) is 15.2. The fourth-order valence-corrected chi connectivity index (χ4v) is 1.38. The van der Waals surface area contributed by atoms with E-state index in [4.69, 9.17) is 9.47 Å². The Balaban J connectivity index is 3.19. The van der Waals surface area contributed by atoms with Crippen molar-refractivity contribution < 1.29 is 14.3 Å². The zero-order chi connectivity index (χ0) is 15.3. The molecule has 6 heteroatoms. The van der Waals surface area contributed by atoms with Crippen LogP contribution in [-0.4, -0.2) is 51.2 Å². The topological polar surface area (TPSA) is 71.6 Å². The fourth-order valence-electron chi connectivity index (χ4n) is 1.38. The number of rotatable bonds is 11. The molecular formula is C14H31N3O3. The lowest BCUT2D eigenvalue weighted by molar-refractivity contribution is 0.0499. The molecule has 0 radical (unpaired) electrons. The second-order valence-corrected chi connectivity index (χ2v) is 5.57. The molecule has 1 amide bonds. The van der Waals surface area contributed by atoms with Gasteiger partial charge >= 0.3 is 6.09 Å². The highest BCUT2D eigenvalue weighted by Crippen LogP contribution is 2.05. The molecule has 0 aromatic rings. The van der Waals surface area contributed by atoms with Crippen molar-refractivity contribution in [2.24, 2.45) is 0 Å². The van der Waals surface area contributed by atoms with Crippen LogP contribution < -0.4 is 16.0 Å². The molecule has 0 saturated heterocycles. The number of carbonyl (C=O) groups is 1. The van der Waals surface area contributed by atoms with E-state index < -0.39 is 11.7 Å². The first-order valence-corrected chi connectivity index (χ1v) is 7.41. The summed E-state index contributed by atoms with van der Waals surface area (Å²) < 4.78 is 10.5. The van der Waals surface area contributed by atoms with Gasteiger partial charge < -0.3 is 25.4 Å². The number of nitrogens with one attached hydrogen (secondary N) is 3. The third-order valence-corrected chi connectivity index (χ3v) is 2.23. The summed E-state index contributed by atoms with van der Waals surface area (Å²) in [7, 11) is 0. The van der Waals surface area contributed by atoms with Gasteiger partial charge in [0.25, 0.3) is 0 Å². The second kappa shape index (κ2) is 11.9. The van der Waals surface area contributed by atoms with Crippen molar-refractivity contribution in [1.82, 2.24) is 16.0 Å². The predicted molar refractivity (Wildman–Crippen MR) is 80.8 cm³/mol. The lowest BCUT2D eigenvalue weighted by Gasteiger charge is -2.19. The number of hydrogen-bond donors (Lipinski definition) is 3. The third-order valence-electron chi connectivity index (χ3n) is 2.23. The molecule has 0 saturated carbocycles. The van der Waals surface area contributed by atoms with Crippen molar-refractivity contribution in [3.63, 3.8) is 0 Å². The molecule has 0 aromatic heterocycles. The SMILES string of the molecule is CCCNCNCCCOCCNC(=O)OC(C)(C)C. The minimum absolute atomic E-state index is 0.398. The highest BCUT2D eigenvalue weighted by atomic mass is 16.6. The smallest absolute Gasteiger partial charge is 0.407 e. The van der Waals surface area contributed by atoms with Crippen molar-refractivity contribution in [3.05, 3.63) is 0 Å². The maximum atomic E-state index is 11.3. The normalized spacial score (nSPS) is 11.4. The quantitative estimate of drug-likeness (QED) is 0.397. The Morgan fingerprint density at radius 2 is 1.75 bits per heavy atom. The fraction of sp³-hybridized carbons (Fsp3) is 0.929. The maximum Gasteiger partial charge on any atom is 0.407 e. The van der Waals surface area contributed by atoms with Gasteiger partial charge in [-0.1, -0.05) is 6.92 Å². The number of amides is 1. The van der Waals surface area contributed by atoms with E-state index in [2.05, 4.69) is 22.9 Å². The highest BCUT2D eigenvalue weighted by Gasteiger charge is 2.15. The zero-order valence-corrected chi connectivity index (χ0v) is 13.4. The molecule has 6 nitrogen and oxygen atoms in total. The van der Waals surface area contributed by atoms with E-state index in [1.54, 1.807) is 0 Å². The van der Waals surface area contributed by atoms with Crippen LogP contribution in [0.5, 0.6) is 0 Å². The van der Waals surface area contributed by atoms with Crippen LogP contribution in [-0.2, 0) is 9.47 Å². The first kappa shape index (κ1) is 19.1. The minimum atomic E-state index is -0.456. The summed E-state index contributed by atoms with van der Waals surface area (Å²) in [4.78, 5) is 11.3. The van der Waals surface area contributed by atoms with Gasteiger partial charge in [-0.3, -0.25) is 0 Å². The summed E-state index contributed by atoms with van der Waals surface area (Å²) >= 11 is 0. The molecule has 120 valence electrons. The summed E-state index contributed by atoms with van der Waals surface area (Å²) in [5, 5.41) is 9.19. The van der Waals surface area contributed by atoms with Crippen molar-refractivity contribution in [1.29, 1.82) is 0 Å². The van der Waals surface area contributed by atoms with Gasteiger partial charge in [-0.05, 0) is 46.7 Å². The number of ether oxygens (including phenoxy) is 2. The maximum absolute atomic E-state index is 11.3. The molecule has 0 fully saturated rings. The van der Waals surface area contributed by atoms with E-state index in [0.717, 1.165) is 32.6 Å². The molecule has 3 N–H and O–H groups in total. The average molecular weight is 289 g/mol. The van der Waals surface area contributed by atoms with E-state index in [9.17, 15) is 4.79 Å². The van der Waals surface area contributed by atoms with Crippen LogP contribution in [0.1, 0.15) is 40.5 Å². The molecule has 0 aliphatic heterocycles. The van der Waals surface area contributed by atoms with Crippen LogP contribution >= 0.6 is 0 Å². The molecule has 0 spiro atoms. The molecule has 20 heavy (non-hydrogen) atoms. The van der Waals surface area contributed by atoms with Gasteiger partial charge in [-0.25, -0.2) is 4.79 Å². The molecular weight excluding hydrogens is 258 g/mol. The average Bonchev–Trinajstić information content (AvgIpc) is 2.34. The molecule has 0 aliphatic rings. The van der Waals surface area contributed by atoms with Gasteiger partial charge in [0.1, 0.15) is 5.60 Å². The van der Waals surface area contributed by atoms with Gasteiger partial charge in [0.15, 0.2) is 0 Å². The molecule has 0 atom stereocenters. The molecule has 0 unspecified atom stereocenters.